The second kappa shape index (κ2) is 14.4. The minimum absolute atomic E-state index is 0.0480. The van der Waals surface area contributed by atoms with Crippen molar-refractivity contribution in [1.82, 2.24) is 16.0 Å². The van der Waals surface area contributed by atoms with Crippen molar-refractivity contribution in [1.29, 1.82) is 0 Å². The second-order valence-corrected chi connectivity index (χ2v) is 5.13. The molecule has 8 nitrogen and oxygen atoms in total. The van der Waals surface area contributed by atoms with Gasteiger partial charge in [0, 0.05) is 20.8 Å². The number of rotatable bonds is 10. The van der Waals surface area contributed by atoms with Gasteiger partial charge in [0.2, 0.25) is 5.91 Å². The number of carbonyl (C=O) groups is 2. The molecule has 8 heteroatoms. The molecule has 4 N–H and O–H groups in total. The molecule has 1 amide bonds. The van der Waals surface area contributed by atoms with Gasteiger partial charge in [-0.2, -0.15) is 0 Å². The Morgan fingerprint density at radius 1 is 1.00 bits per heavy atom. The van der Waals surface area contributed by atoms with Gasteiger partial charge >= 0.3 is 5.97 Å². The molecular formula is C17H29N3O5. The lowest BCUT2D eigenvalue weighted by Crippen LogP contribution is -2.45. The predicted octanol–water partition coefficient (Wildman–Crippen LogP) is -0.157. The second-order valence-electron chi connectivity index (χ2n) is 5.13. The Hall–Kier alpha value is -2.00. The maximum absolute atomic E-state index is 11.7. The topological polar surface area (TPSA) is 109 Å². The number of nitrogens with one attached hydrogen (secondary N) is 3. The summed E-state index contributed by atoms with van der Waals surface area (Å²) < 4.78 is 9.56. The molecular weight excluding hydrogens is 326 g/mol. The van der Waals surface area contributed by atoms with E-state index in [1.54, 1.807) is 21.2 Å². The number of carboxylic acids is 1. The van der Waals surface area contributed by atoms with Crippen LogP contribution in [0.1, 0.15) is 5.56 Å². The molecule has 0 fully saturated rings. The standard InChI is InChI=1S/C12H18N2O2.C5H11NO3/c1-13-11(9-16-2)12(15)14-8-10-6-4-3-5-7-10;1-6-4(3-9-2)5(7)8/h3-7,11,13H,8-9H2,1-2H3,(H,14,15);4,6H,3H2,1-2H3,(H,7,8)/t11-;4-/m11/s1. The highest BCUT2D eigenvalue weighted by molar-refractivity contribution is 5.81. The molecule has 1 aromatic carbocycles. The Labute approximate surface area is 148 Å². The molecule has 0 heterocycles. The Bertz CT molecular complexity index is 484. The quantitative estimate of drug-likeness (QED) is 0.462. The lowest BCUT2D eigenvalue weighted by atomic mass is 10.2. The molecule has 0 aliphatic rings. The third kappa shape index (κ3) is 10.5. The van der Waals surface area contributed by atoms with E-state index < -0.39 is 12.0 Å². The van der Waals surface area contributed by atoms with Crippen molar-refractivity contribution in [3.8, 4) is 0 Å². The average Bonchev–Trinajstić information content (AvgIpc) is 2.63. The van der Waals surface area contributed by atoms with Crippen LogP contribution in [0, 0.1) is 0 Å². The van der Waals surface area contributed by atoms with Crippen molar-refractivity contribution in [2.45, 2.75) is 18.6 Å². The summed E-state index contributed by atoms with van der Waals surface area (Å²) in [6, 6.07) is 8.92. The van der Waals surface area contributed by atoms with Crippen molar-refractivity contribution in [3.63, 3.8) is 0 Å². The van der Waals surface area contributed by atoms with Crippen LogP contribution < -0.4 is 16.0 Å². The number of carbonyl (C=O) groups excluding carboxylic acids is 1. The number of hydrogen-bond acceptors (Lipinski definition) is 6. The van der Waals surface area contributed by atoms with Gasteiger partial charge in [-0.15, -0.1) is 0 Å². The first-order valence-electron chi connectivity index (χ1n) is 7.86. The highest BCUT2D eigenvalue weighted by atomic mass is 16.5. The molecule has 2 atom stereocenters. The third-order valence-electron chi connectivity index (χ3n) is 3.29. The van der Waals surface area contributed by atoms with E-state index >= 15 is 0 Å². The fourth-order valence-electron chi connectivity index (χ4n) is 1.81. The van der Waals surface area contributed by atoms with Crippen molar-refractivity contribution in [2.24, 2.45) is 0 Å². The van der Waals surface area contributed by atoms with Gasteiger partial charge in [-0.1, -0.05) is 30.3 Å². The number of ether oxygens (including phenoxy) is 2. The van der Waals surface area contributed by atoms with Crippen LogP contribution in [0.5, 0.6) is 0 Å². The average molecular weight is 355 g/mol. The lowest BCUT2D eigenvalue weighted by molar-refractivity contribution is -0.140. The molecule has 25 heavy (non-hydrogen) atoms. The largest absolute Gasteiger partial charge is 0.480 e. The van der Waals surface area contributed by atoms with Crippen LogP contribution in [-0.4, -0.2) is 70.6 Å². The van der Waals surface area contributed by atoms with Crippen molar-refractivity contribution < 1.29 is 24.2 Å². The van der Waals surface area contributed by atoms with Crippen LogP contribution in [0.4, 0.5) is 0 Å². The summed E-state index contributed by atoms with van der Waals surface area (Å²) in [5.74, 6) is -0.937. The summed E-state index contributed by atoms with van der Waals surface area (Å²) in [6.45, 7) is 1.12. The van der Waals surface area contributed by atoms with E-state index in [-0.39, 0.29) is 18.6 Å². The predicted molar refractivity (Wildman–Crippen MR) is 95.4 cm³/mol. The molecule has 0 aromatic heterocycles. The van der Waals surface area contributed by atoms with Gasteiger partial charge in [-0.25, -0.2) is 0 Å². The van der Waals surface area contributed by atoms with E-state index in [1.807, 2.05) is 30.3 Å². The Kier molecular flexibility index (Phi) is 13.2. The van der Waals surface area contributed by atoms with Gasteiger partial charge in [-0.3, -0.25) is 9.59 Å². The molecule has 0 saturated carbocycles. The molecule has 1 aromatic rings. The number of benzene rings is 1. The summed E-state index contributed by atoms with van der Waals surface area (Å²) in [6.07, 6.45) is 0. The molecule has 0 aliphatic carbocycles. The lowest BCUT2D eigenvalue weighted by Gasteiger charge is -2.14. The molecule has 0 radical (unpaired) electrons. The van der Waals surface area contributed by atoms with Gasteiger partial charge in [0.15, 0.2) is 0 Å². The molecule has 0 bridgehead atoms. The van der Waals surface area contributed by atoms with E-state index in [4.69, 9.17) is 9.84 Å². The van der Waals surface area contributed by atoms with Crippen LogP contribution in [0.25, 0.3) is 0 Å². The molecule has 142 valence electrons. The van der Waals surface area contributed by atoms with Gasteiger partial charge in [-0.05, 0) is 19.7 Å². The number of likely N-dealkylation sites (N-methyl/N-ethyl adjacent to an activating group) is 2. The SMILES string of the molecule is CN[C@H](COC)C(=O)NCc1ccccc1.CN[C@H](COC)C(=O)O. The fourth-order valence-corrected chi connectivity index (χ4v) is 1.81. The molecule has 1 rings (SSSR count). The van der Waals surface area contributed by atoms with Crippen molar-refractivity contribution in [3.05, 3.63) is 35.9 Å². The molecule has 0 spiro atoms. The zero-order valence-electron chi connectivity index (χ0n) is 15.2. The van der Waals surface area contributed by atoms with Crippen molar-refractivity contribution in [2.75, 3.05) is 41.5 Å². The minimum atomic E-state index is -0.889. The van der Waals surface area contributed by atoms with E-state index in [0.29, 0.717) is 13.2 Å². The molecule has 0 saturated heterocycles. The summed E-state index contributed by atoms with van der Waals surface area (Å²) in [7, 11) is 6.37. The zero-order valence-corrected chi connectivity index (χ0v) is 15.2. The van der Waals surface area contributed by atoms with Crippen LogP contribution >= 0.6 is 0 Å². The van der Waals surface area contributed by atoms with Gasteiger partial charge in [0.25, 0.3) is 0 Å². The monoisotopic (exact) mass is 355 g/mol. The third-order valence-corrected chi connectivity index (χ3v) is 3.29. The first-order chi connectivity index (χ1) is 12.0. The summed E-state index contributed by atoms with van der Waals surface area (Å²) >= 11 is 0. The van der Waals surface area contributed by atoms with E-state index in [9.17, 15) is 9.59 Å². The first kappa shape index (κ1) is 23.0. The fraction of sp³-hybridized carbons (Fsp3) is 0.529. The number of amides is 1. The highest BCUT2D eigenvalue weighted by Crippen LogP contribution is 1.97. The molecule has 0 aliphatic heterocycles. The van der Waals surface area contributed by atoms with E-state index in [1.165, 1.54) is 7.11 Å². The number of methoxy groups -OCH3 is 2. The Balaban J connectivity index is 0.000000547. The first-order valence-corrected chi connectivity index (χ1v) is 7.86. The molecule has 0 unspecified atom stereocenters. The summed E-state index contributed by atoms with van der Waals surface area (Å²) in [5.41, 5.74) is 1.09. The normalized spacial score (nSPS) is 12.5. The smallest absolute Gasteiger partial charge is 0.323 e. The van der Waals surface area contributed by atoms with Crippen LogP contribution in [0.15, 0.2) is 30.3 Å². The minimum Gasteiger partial charge on any atom is -0.480 e. The van der Waals surface area contributed by atoms with E-state index in [2.05, 4.69) is 20.7 Å². The van der Waals surface area contributed by atoms with Gasteiger partial charge in [0.1, 0.15) is 12.1 Å². The Morgan fingerprint density at radius 3 is 1.92 bits per heavy atom. The number of aliphatic carboxylic acids is 1. The maximum atomic E-state index is 11.7. The van der Waals surface area contributed by atoms with Gasteiger partial charge in [0.05, 0.1) is 13.2 Å². The van der Waals surface area contributed by atoms with Crippen LogP contribution in [-0.2, 0) is 25.6 Å². The van der Waals surface area contributed by atoms with Crippen LogP contribution in [0.2, 0.25) is 0 Å². The van der Waals surface area contributed by atoms with Crippen molar-refractivity contribution >= 4 is 11.9 Å². The highest BCUT2D eigenvalue weighted by Gasteiger charge is 2.15. The zero-order chi connectivity index (χ0) is 19.1. The van der Waals surface area contributed by atoms with E-state index in [0.717, 1.165) is 5.56 Å². The van der Waals surface area contributed by atoms with Crippen LogP contribution in [0.3, 0.4) is 0 Å². The Morgan fingerprint density at radius 2 is 1.52 bits per heavy atom. The number of hydrogen-bond donors (Lipinski definition) is 4. The maximum Gasteiger partial charge on any atom is 0.323 e. The summed E-state index contributed by atoms with van der Waals surface area (Å²) in [4.78, 5) is 21.9. The summed E-state index contributed by atoms with van der Waals surface area (Å²) in [5, 5.41) is 16.7. The number of carboxylic acid groups (broad SMARTS) is 1. The van der Waals surface area contributed by atoms with Gasteiger partial charge < -0.3 is 30.5 Å².